The Kier molecular flexibility index (Phi) is 6.41. The second kappa shape index (κ2) is 8.76. The maximum Gasteiger partial charge on any atom is 0.225 e. The van der Waals surface area contributed by atoms with Crippen molar-refractivity contribution in [3.05, 3.63) is 23.8 Å². The van der Waals surface area contributed by atoms with Crippen LogP contribution in [-0.4, -0.2) is 53.6 Å². The van der Waals surface area contributed by atoms with Crippen molar-refractivity contribution in [2.45, 2.75) is 46.1 Å². The molecule has 26 heavy (non-hydrogen) atoms. The van der Waals surface area contributed by atoms with Crippen LogP contribution in [-0.2, 0) is 11.3 Å². The molecule has 144 valence electrons. The van der Waals surface area contributed by atoms with Crippen LogP contribution in [0.25, 0.3) is 0 Å². The minimum absolute atomic E-state index is 0.191. The van der Waals surface area contributed by atoms with Gasteiger partial charge in [0.25, 0.3) is 0 Å². The highest BCUT2D eigenvalue weighted by Crippen LogP contribution is 2.29. The Labute approximate surface area is 156 Å². The number of carbonyl (C=O) groups excluding carboxylic acids is 1. The van der Waals surface area contributed by atoms with E-state index in [-0.39, 0.29) is 11.7 Å². The number of likely N-dealkylation sites (tertiary alicyclic amines) is 2. The number of nitrogens with zero attached hydrogens (tertiary/aromatic N) is 2. The molecule has 0 unspecified atom stereocenters. The summed E-state index contributed by atoms with van der Waals surface area (Å²) in [6.07, 6.45) is 4.18. The summed E-state index contributed by atoms with van der Waals surface area (Å²) in [4.78, 5) is 17.2. The van der Waals surface area contributed by atoms with Crippen molar-refractivity contribution in [3.8, 4) is 11.5 Å². The minimum Gasteiger partial charge on any atom is -0.504 e. The van der Waals surface area contributed by atoms with Crippen LogP contribution < -0.4 is 4.74 Å². The number of hydrogen-bond acceptors (Lipinski definition) is 4. The molecular weight excluding hydrogens is 328 g/mol. The van der Waals surface area contributed by atoms with Gasteiger partial charge in [-0.25, -0.2) is 0 Å². The molecule has 2 fully saturated rings. The third kappa shape index (κ3) is 4.70. The van der Waals surface area contributed by atoms with Gasteiger partial charge in [-0.1, -0.05) is 13.0 Å². The standard InChI is InChI=1S/C21H32N2O3/c1-3-26-20-14-17(4-5-19(20)24)15-22-10-8-18(9-11-22)21(25)23-12-6-16(2)7-13-23/h4-5,14,16,18,24H,3,6-13,15H2,1-2H3. The molecule has 2 aliphatic heterocycles. The number of benzene rings is 1. The molecule has 5 nitrogen and oxygen atoms in total. The number of piperidine rings is 2. The lowest BCUT2D eigenvalue weighted by Gasteiger charge is -2.36. The Morgan fingerprint density at radius 3 is 2.50 bits per heavy atom. The van der Waals surface area contributed by atoms with Crippen molar-refractivity contribution in [3.63, 3.8) is 0 Å². The summed E-state index contributed by atoms with van der Waals surface area (Å²) in [6.45, 7) is 9.35. The third-order valence-corrected chi connectivity index (χ3v) is 5.76. The molecule has 0 radical (unpaired) electrons. The van der Waals surface area contributed by atoms with E-state index in [4.69, 9.17) is 4.74 Å². The lowest BCUT2D eigenvalue weighted by Crippen LogP contribution is -2.45. The van der Waals surface area contributed by atoms with Gasteiger partial charge in [-0.15, -0.1) is 0 Å². The van der Waals surface area contributed by atoms with Gasteiger partial charge in [0.15, 0.2) is 11.5 Å². The second-order valence-electron chi connectivity index (χ2n) is 7.79. The van der Waals surface area contributed by atoms with Crippen LogP contribution in [0.15, 0.2) is 18.2 Å². The number of phenols is 1. The van der Waals surface area contributed by atoms with Gasteiger partial charge in [0, 0.05) is 25.6 Å². The smallest absolute Gasteiger partial charge is 0.225 e. The zero-order valence-electron chi connectivity index (χ0n) is 16.1. The Hall–Kier alpha value is -1.75. The summed E-state index contributed by atoms with van der Waals surface area (Å²) in [5.74, 6) is 2.07. The Morgan fingerprint density at radius 1 is 1.15 bits per heavy atom. The zero-order chi connectivity index (χ0) is 18.5. The molecule has 0 saturated carbocycles. The molecule has 3 rings (SSSR count). The number of rotatable bonds is 5. The van der Waals surface area contributed by atoms with E-state index in [1.807, 2.05) is 19.1 Å². The van der Waals surface area contributed by atoms with E-state index in [0.29, 0.717) is 18.3 Å². The summed E-state index contributed by atoms with van der Waals surface area (Å²) in [5, 5.41) is 9.83. The quantitative estimate of drug-likeness (QED) is 0.876. The van der Waals surface area contributed by atoms with Crippen LogP contribution in [0.4, 0.5) is 0 Å². The second-order valence-corrected chi connectivity index (χ2v) is 7.79. The van der Waals surface area contributed by atoms with Gasteiger partial charge in [0.1, 0.15) is 0 Å². The normalized spacial score (nSPS) is 20.3. The van der Waals surface area contributed by atoms with Crippen molar-refractivity contribution in [2.24, 2.45) is 11.8 Å². The Bertz CT molecular complexity index is 603. The van der Waals surface area contributed by atoms with Crippen LogP contribution in [0.1, 0.15) is 45.1 Å². The number of hydrogen-bond donors (Lipinski definition) is 1. The van der Waals surface area contributed by atoms with Gasteiger partial charge in [-0.05, 0) is 69.3 Å². The summed E-state index contributed by atoms with van der Waals surface area (Å²) in [5.41, 5.74) is 1.14. The summed E-state index contributed by atoms with van der Waals surface area (Å²) in [7, 11) is 0. The van der Waals surface area contributed by atoms with E-state index in [1.165, 1.54) is 0 Å². The van der Waals surface area contributed by atoms with Crippen LogP contribution in [0.5, 0.6) is 11.5 Å². The fourth-order valence-corrected chi connectivity index (χ4v) is 4.01. The number of ether oxygens (including phenoxy) is 1. The summed E-state index contributed by atoms with van der Waals surface area (Å²) >= 11 is 0. The van der Waals surface area contributed by atoms with E-state index in [2.05, 4.69) is 16.7 Å². The predicted octanol–water partition coefficient (Wildman–Crippen LogP) is 3.26. The maximum atomic E-state index is 12.7. The highest BCUT2D eigenvalue weighted by atomic mass is 16.5. The molecule has 0 atom stereocenters. The molecule has 2 aliphatic rings. The van der Waals surface area contributed by atoms with Gasteiger partial charge < -0.3 is 14.7 Å². The SMILES string of the molecule is CCOc1cc(CN2CCC(C(=O)N3CCC(C)CC3)CC2)ccc1O. The van der Waals surface area contributed by atoms with E-state index in [0.717, 1.165) is 69.9 Å². The minimum atomic E-state index is 0.191. The van der Waals surface area contributed by atoms with E-state index < -0.39 is 0 Å². The first-order valence-electron chi connectivity index (χ1n) is 10.0. The average Bonchev–Trinajstić information content (AvgIpc) is 2.65. The lowest BCUT2D eigenvalue weighted by molar-refractivity contribution is -0.138. The highest BCUT2D eigenvalue weighted by molar-refractivity contribution is 5.79. The van der Waals surface area contributed by atoms with E-state index in [9.17, 15) is 9.90 Å². The number of phenolic OH excluding ortho intramolecular Hbond substituents is 1. The number of carbonyl (C=O) groups is 1. The summed E-state index contributed by atoms with van der Waals surface area (Å²) < 4.78 is 5.47. The van der Waals surface area contributed by atoms with Gasteiger partial charge in [-0.2, -0.15) is 0 Å². The van der Waals surface area contributed by atoms with Gasteiger partial charge in [-0.3, -0.25) is 9.69 Å². The largest absolute Gasteiger partial charge is 0.504 e. The lowest BCUT2D eigenvalue weighted by atomic mass is 9.92. The van der Waals surface area contributed by atoms with Crippen LogP contribution in [0, 0.1) is 11.8 Å². The maximum absolute atomic E-state index is 12.7. The van der Waals surface area contributed by atoms with Crippen molar-refractivity contribution < 1.29 is 14.6 Å². The monoisotopic (exact) mass is 360 g/mol. The van der Waals surface area contributed by atoms with Gasteiger partial charge in [0.2, 0.25) is 5.91 Å². The molecule has 0 aliphatic carbocycles. The number of amides is 1. The van der Waals surface area contributed by atoms with Crippen LogP contribution >= 0.6 is 0 Å². The summed E-state index contributed by atoms with van der Waals surface area (Å²) in [6, 6.07) is 5.57. The Balaban J connectivity index is 1.49. The molecule has 2 saturated heterocycles. The highest BCUT2D eigenvalue weighted by Gasteiger charge is 2.30. The molecule has 2 heterocycles. The first-order chi connectivity index (χ1) is 12.6. The van der Waals surface area contributed by atoms with E-state index >= 15 is 0 Å². The first-order valence-corrected chi connectivity index (χ1v) is 10.0. The Morgan fingerprint density at radius 2 is 1.85 bits per heavy atom. The van der Waals surface area contributed by atoms with Crippen LogP contribution in [0.2, 0.25) is 0 Å². The first kappa shape index (κ1) is 19.0. The van der Waals surface area contributed by atoms with Crippen LogP contribution in [0.3, 0.4) is 0 Å². The molecule has 0 spiro atoms. The van der Waals surface area contributed by atoms with Crippen molar-refractivity contribution in [1.29, 1.82) is 0 Å². The fraction of sp³-hybridized carbons (Fsp3) is 0.667. The average molecular weight is 360 g/mol. The molecular formula is C21H32N2O3. The molecule has 5 heteroatoms. The fourth-order valence-electron chi connectivity index (χ4n) is 4.01. The predicted molar refractivity (Wildman–Crippen MR) is 102 cm³/mol. The van der Waals surface area contributed by atoms with Crippen molar-refractivity contribution >= 4 is 5.91 Å². The third-order valence-electron chi connectivity index (χ3n) is 5.76. The topological polar surface area (TPSA) is 53.0 Å². The van der Waals surface area contributed by atoms with Gasteiger partial charge in [0.05, 0.1) is 6.61 Å². The molecule has 1 aromatic carbocycles. The zero-order valence-corrected chi connectivity index (χ0v) is 16.1. The molecule has 1 N–H and O–H groups in total. The van der Waals surface area contributed by atoms with Crippen molar-refractivity contribution in [1.82, 2.24) is 9.80 Å². The molecule has 0 aromatic heterocycles. The molecule has 0 bridgehead atoms. The molecule has 1 amide bonds. The molecule has 1 aromatic rings. The van der Waals surface area contributed by atoms with Gasteiger partial charge >= 0.3 is 0 Å². The van der Waals surface area contributed by atoms with E-state index in [1.54, 1.807) is 6.07 Å². The van der Waals surface area contributed by atoms with Crippen molar-refractivity contribution in [2.75, 3.05) is 32.8 Å². The number of aromatic hydroxyl groups is 1.